The van der Waals surface area contributed by atoms with E-state index in [1.165, 1.54) is 0 Å². The zero-order valence-electron chi connectivity index (χ0n) is 11.8. The van der Waals surface area contributed by atoms with Gasteiger partial charge in [-0.15, -0.1) is 0 Å². The molecule has 1 heterocycles. The monoisotopic (exact) mass is 273 g/mol. The van der Waals surface area contributed by atoms with Gasteiger partial charge < -0.3 is 10.5 Å². The average Bonchev–Trinajstić information content (AvgIpc) is 3.27. The van der Waals surface area contributed by atoms with E-state index < -0.39 is 0 Å². The molecule has 5 nitrogen and oxygen atoms in total. The van der Waals surface area contributed by atoms with Crippen molar-refractivity contribution in [1.29, 1.82) is 0 Å². The molecule has 0 bridgehead atoms. The van der Waals surface area contributed by atoms with Gasteiger partial charge in [-0.1, -0.05) is 6.07 Å². The molecule has 5 heteroatoms. The second-order valence-electron chi connectivity index (χ2n) is 5.11. The third-order valence-electron chi connectivity index (χ3n) is 3.78. The quantitative estimate of drug-likeness (QED) is 0.928. The minimum atomic E-state index is -0.137. The second-order valence-corrected chi connectivity index (χ2v) is 5.11. The SMILES string of the molecule is CCn1c(C2CC2)c(N)c(=O)n1-c1cccc(OC)c1. The van der Waals surface area contributed by atoms with Crippen LogP contribution >= 0.6 is 0 Å². The fourth-order valence-electron chi connectivity index (χ4n) is 2.68. The van der Waals surface area contributed by atoms with E-state index in [0.29, 0.717) is 11.6 Å². The van der Waals surface area contributed by atoms with Gasteiger partial charge in [-0.25, -0.2) is 4.68 Å². The van der Waals surface area contributed by atoms with Gasteiger partial charge in [-0.05, 0) is 31.9 Å². The Morgan fingerprint density at radius 2 is 2.15 bits per heavy atom. The molecule has 0 radical (unpaired) electrons. The van der Waals surface area contributed by atoms with Crippen molar-refractivity contribution in [3.05, 3.63) is 40.3 Å². The fraction of sp³-hybridized carbons (Fsp3) is 0.400. The number of benzene rings is 1. The van der Waals surface area contributed by atoms with Crippen molar-refractivity contribution in [3.63, 3.8) is 0 Å². The lowest BCUT2D eigenvalue weighted by atomic mass is 10.2. The number of hydrogen-bond donors (Lipinski definition) is 1. The van der Waals surface area contributed by atoms with Gasteiger partial charge in [0, 0.05) is 18.5 Å². The van der Waals surface area contributed by atoms with E-state index in [0.717, 1.165) is 36.5 Å². The molecule has 3 rings (SSSR count). The summed E-state index contributed by atoms with van der Waals surface area (Å²) >= 11 is 0. The maximum atomic E-state index is 12.5. The van der Waals surface area contributed by atoms with Crippen LogP contribution in [0.3, 0.4) is 0 Å². The number of hydrogen-bond acceptors (Lipinski definition) is 3. The zero-order valence-corrected chi connectivity index (χ0v) is 11.8. The molecule has 1 fully saturated rings. The first-order chi connectivity index (χ1) is 9.67. The summed E-state index contributed by atoms with van der Waals surface area (Å²) in [5.74, 6) is 1.17. The van der Waals surface area contributed by atoms with Crippen LogP contribution in [0, 0.1) is 0 Å². The van der Waals surface area contributed by atoms with Crippen molar-refractivity contribution in [3.8, 4) is 11.4 Å². The number of ether oxygens (including phenoxy) is 1. The number of nitrogen functional groups attached to an aromatic ring is 1. The molecule has 1 aromatic heterocycles. The Bertz CT molecular complexity index is 696. The Hall–Kier alpha value is -2.17. The smallest absolute Gasteiger partial charge is 0.294 e. The van der Waals surface area contributed by atoms with E-state index in [1.807, 2.05) is 35.9 Å². The Labute approximate surface area is 117 Å². The summed E-state index contributed by atoms with van der Waals surface area (Å²) in [6.45, 7) is 2.75. The van der Waals surface area contributed by atoms with Crippen LogP contribution in [0.25, 0.3) is 5.69 Å². The van der Waals surface area contributed by atoms with Crippen LogP contribution in [0.4, 0.5) is 5.69 Å². The first kappa shape index (κ1) is 12.8. The zero-order chi connectivity index (χ0) is 14.3. The fourth-order valence-corrected chi connectivity index (χ4v) is 2.68. The average molecular weight is 273 g/mol. The van der Waals surface area contributed by atoms with Crippen molar-refractivity contribution in [2.24, 2.45) is 0 Å². The van der Waals surface area contributed by atoms with E-state index in [-0.39, 0.29) is 5.56 Å². The highest BCUT2D eigenvalue weighted by Gasteiger charge is 2.32. The number of anilines is 1. The van der Waals surface area contributed by atoms with Crippen LogP contribution in [0.5, 0.6) is 5.75 Å². The summed E-state index contributed by atoms with van der Waals surface area (Å²) in [6.07, 6.45) is 2.23. The Kier molecular flexibility index (Phi) is 3.04. The number of methoxy groups -OCH3 is 1. The van der Waals surface area contributed by atoms with E-state index >= 15 is 0 Å². The Morgan fingerprint density at radius 3 is 2.75 bits per heavy atom. The van der Waals surface area contributed by atoms with Crippen LogP contribution in [0.1, 0.15) is 31.4 Å². The van der Waals surface area contributed by atoms with Gasteiger partial charge in [0.15, 0.2) is 0 Å². The minimum Gasteiger partial charge on any atom is -0.497 e. The van der Waals surface area contributed by atoms with Gasteiger partial charge in [-0.2, -0.15) is 0 Å². The lowest BCUT2D eigenvalue weighted by Crippen LogP contribution is -2.22. The van der Waals surface area contributed by atoms with Crippen molar-refractivity contribution in [1.82, 2.24) is 9.36 Å². The molecule has 0 saturated heterocycles. The minimum absolute atomic E-state index is 0.137. The normalized spacial score (nSPS) is 14.5. The topological polar surface area (TPSA) is 62.2 Å². The summed E-state index contributed by atoms with van der Waals surface area (Å²) in [4.78, 5) is 12.5. The Morgan fingerprint density at radius 1 is 1.40 bits per heavy atom. The van der Waals surface area contributed by atoms with Gasteiger partial charge in [-0.3, -0.25) is 9.48 Å². The largest absolute Gasteiger partial charge is 0.497 e. The molecule has 2 aromatic rings. The van der Waals surface area contributed by atoms with Gasteiger partial charge >= 0.3 is 0 Å². The summed E-state index contributed by atoms with van der Waals surface area (Å²) in [7, 11) is 1.62. The maximum Gasteiger partial charge on any atom is 0.294 e. The molecule has 0 spiro atoms. The third kappa shape index (κ3) is 1.90. The molecule has 0 atom stereocenters. The van der Waals surface area contributed by atoms with Gasteiger partial charge in [0.05, 0.1) is 18.5 Å². The second kappa shape index (κ2) is 4.74. The molecule has 1 aromatic carbocycles. The number of rotatable bonds is 4. The first-order valence-corrected chi connectivity index (χ1v) is 6.93. The summed E-state index contributed by atoms with van der Waals surface area (Å²) in [6, 6.07) is 7.48. The number of nitrogens with two attached hydrogens (primary N) is 1. The lowest BCUT2D eigenvalue weighted by Gasteiger charge is -2.13. The van der Waals surface area contributed by atoms with Gasteiger partial charge in [0.2, 0.25) is 0 Å². The lowest BCUT2D eigenvalue weighted by molar-refractivity contribution is 0.414. The highest BCUT2D eigenvalue weighted by Crippen LogP contribution is 2.42. The van der Waals surface area contributed by atoms with Gasteiger partial charge in [0.25, 0.3) is 5.56 Å². The molecule has 1 aliphatic carbocycles. The summed E-state index contributed by atoms with van der Waals surface area (Å²) in [5, 5.41) is 0. The molecule has 20 heavy (non-hydrogen) atoms. The molecule has 1 saturated carbocycles. The standard InChI is InChI=1S/C15H19N3O2/c1-3-17-14(10-7-8-10)13(16)15(19)18(17)11-5-4-6-12(9-11)20-2/h4-6,9-10H,3,7-8,16H2,1-2H3. The van der Waals surface area contributed by atoms with Crippen molar-refractivity contribution in [2.75, 3.05) is 12.8 Å². The van der Waals surface area contributed by atoms with Crippen molar-refractivity contribution in [2.45, 2.75) is 32.2 Å². The number of aromatic nitrogens is 2. The molecular formula is C15H19N3O2. The van der Waals surface area contributed by atoms with Crippen LogP contribution in [0.2, 0.25) is 0 Å². The highest BCUT2D eigenvalue weighted by atomic mass is 16.5. The third-order valence-corrected chi connectivity index (χ3v) is 3.78. The molecule has 0 aliphatic heterocycles. The van der Waals surface area contributed by atoms with E-state index in [2.05, 4.69) is 0 Å². The molecule has 106 valence electrons. The van der Waals surface area contributed by atoms with Gasteiger partial charge in [0.1, 0.15) is 11.4 Å². The van der Waals surface area contributed by atoms with Crippen LogP contribution in [0.15, 0.2) is 29.1 Å². The summed E-state index contributed by atoms with van der Waals surface area (Å²) in [5.41, 5.74) is 8.07. The highest BCUT2D eigenvalue weighted by molar-refractivity contribution is 5.49. The molecule has 2 N–H and O–H groups in total. The van der Waals surface area contributed by atoms with Crippen molar-refractivity contribution < 1.29 is 4.74 Å². The molecular weight excluding hydrogens is 254 g/mol. The maximum absolute atomic E-state index is 12.5. The Balaban J connectivity index is 2.22. The summed E-state index contributed by atoms with van der Waals surface area (Å²) < 4.78 is 8.88. The van der Waals surface area contributed by atoms with E-state index in [1.54, 1.807) is 11.8 Å². The van der Waals surface area contributed by atoms with Crippen molar-refractivity contribution >= 4 is 5.69 Å². The van der Waals surface area contributed by atoms with E-state index in [9.17, 15) is 4.79 Å². The molecule has 0 amide bonds. The molecule has 1 aliphatic rings. The van der Waals surface area contributed by atoms with Crippen LogP contribution in [-0.4, -0.2) is 16.5 Å². The predicted octanol–water partition coefficient (Wildman–Crippen LogP) is 2.13. The van der Waals surface area contributed by atoms with Crippen LogP contribution in [-0.2, 0) is 6.54 Å². The number of nitrogens with zero attached hydrogens (tertiary/aromatic N) is 2. The molecule has 0 unspecified atom stereocenters. The van der Waals surface area contributed by atoms with E-state index in [4.69, 9.17) is 10.5 Å². The van der Waals surface area contributed by atoms with Crippen LogP contribution < -0.4 is 16.0 Å². The predicted molar refractivity (Wildman–Crippen MR) is 78.6 cm³/mol. The first-order valence-electron chi connectivity index (χ1n) is 6.93.